The quantitative estimate of drug-likeness (QED) is 0.768. The van der Waals surface area contributed by atoms with Crippen LogP contribution in [-0.4, -0.2) is 6.54 Å². The molecule has 1 heterocycles. The van der Waals surface area contributed by atoms with Gasteiger partial charge < -0.3 is 5.32 Å². The summed E-state index contributed by atoms with van der Waals surface area (Å²) in [4.78, 5) is 0. The van der Waals surface area contributed by atoms with Crippen LogP contribution >= 0.6 is 0 Å². The highest BCUT2D eigenvalue weighted by atomic mass is 19.1. The van der Waals surface area contributed by atoms with Crippen molar-refractivity contribution >= 4 is 5.69 Å². The van der Waals surface area contributed by atoms with Crippen LogP contribution in [0.5, 0.6) is 0 Å². The molecule has 17 heavy (non-hydrogen) atoms. The molecular formula is C15H20FN. The lowest BCUT2D eigenvalue weighted by molar-refractivity contribution is 0.261. The normalized spacial score (nSPS) is 32.0. The maximum absolute atomic E-state index is 13.6. The van der Waals surface area contributed by atoms with Gasteiger partial charge in [0.2, 0.25) is 0 Å². The summed E-state index contributed by atoms with van der Waals surface area (Å²) in [5.41, 5.74) is 1.97. The van der Waals surface area contributed by atoms with Gasteiger partial charge in [-0.05, 0) is 36.3 Å². The summed E-state index contributed by atoms with van der Waals surface area (Å²) in [5, 5.41) is 3.25. The summed E-state index contributed by atoms with van der Waals surface area (Å²) in [6.07, 6.45) is 5.30. The summed E-state index contributed by atoms with van der Waals surface area (Å²) in [7, 11) is 0. The minimum absolute atomic E-state index is 0.0887. The predicted octanol–water partition coefficient (Wildman–Crippen LogP) is 4.16. The van der Waals surface area contributed by atoms with Gasteiger partial charge in [0.1, 0.15) is 5.82 Å². The average Bonchev–Trinajstić information content (AvgIpc) is 2.75. The third kappa shape index (κ3) is 1.94. The smallest absolute Gasteiger partial charge is 0.146 e. The highest BCUT2D eigenvalue weighted by Crippen LogP contribution is 2.44. The number of anilines is 1. The number of hydrogen-bond acceptors (Lipinski definition) is 1. The van der Waals surface area contributed by atoms with Crippen molar-refractivity contribution in [1.82, 2.24) is 0 Å². The molecule has 0 amide bonds. The number of benzene rings is 1. The first-order valence-corrected chi connectivity index (χ1v) is 6.78. The molecular weight excluding hydrogens is 213 g/mol. The molecule has 3 rings (SSSR count). The molecule has 1 unspecified atom stereocenters. The summed E-state index contributed by atoms with van der Waals surface area (Å²) in [6.45, 7) is 3.27. The van der Waals surface area contributed by atoms with Crippen LogP contribution < -0.4 is 5.32 Å². The fraction of sp³-hybridized carbons (Fsp3) is 0.600. The van der Waals surface area contributed by atoms with Crippen molar-refractivity contribution in [3.8, 4) is 0 Å². The molecule has 0 bridgehead atoms. The number of para-hydroxylation sites is 1. The standard InChI is InChI=1S/C15H20FN/c1-10-5-7-11(8-6-10)13-9-17-15-12(13)3-2-4-14(15)16/h2-4,10-11,13,17H,5-9H2,1H3. The maximum atomic E-state index is 13.6. The van der Waals surface area contributed by atoms with E-state index >= 15 is 0 Å². The van der Waals surface area contributed by atoms with E-state index in [0.717, 1.165) is 24.1 Å². The Morgan fingerprint density at radius 1 is 1.18 bits per heavy atom. The van der Waals surface area contributed by atoms with E-state index in [-0.39, 0.29) is 5.82 Å². The number of hydrogen-bond donors (Lipinski definition) is 1. The Bertz CT molecular complexity index is 407. The Hall–Kier alpha value is -1.05. The van der Waals surface area contributed by atoms with E-state index in [1.807, 2.05) is 6.07 Å². The molecule has 1 N–H and O–H groups in total. The van der Waals surface area contributed by atoms with Crippen LogP contribution in [0.3, 0.4) is 0 Å². The molecule has 0 saturated heterocycles. The first kappa shape index (κ1) is 11.1. The fourth-order valence-electron chi connectivity index (χ4n) is 3.47. The van der Waals surface area contributed by atoms with Crippen molar-refractivity contribution < 1.29 is 4.39 Å². The first-order chi connectivity index (χ1) is 8.25. The van der Waals surface area contributed by atoms with Crippen LogP contribution in [0.15, 0.2) is 18.2 Å². The largest absolute Gasteiger partial charge is 0.382 e. The van der Waals surface area contributed by atoms with Crippen LogP contribution in [0.25, 0.3) is 0 Å². The van der Waals surface area contributed by atoms with E-state index in [0.29, 0.717) is 5.92 Å². The number of fused-ring (bicyclic) bond motifs is 1. The van der Waals surface area contributed by atoms with Crippen molar-refractivity contribution in [2.45, 2.75) is 38.5 Å². The summed E-state index contributed by atoms with van der Waals surface area (Å²) < 4.78 is 13.6. The van der Waals surface area contributed by atoms with Crippen LogP contribution in [0, 0.1) is 17.7 Å². The SMILES string of the molecule is CC1CCC(C2CNc3c(F)cccc32)CC1. The van der Waals surface area contributed by atoms with E-state index in [1.165, 1.54) is 31.2 Å². The Balaban J connectivity index is 1.82. The van der Waals surface area contributed by atoms with Crippen molar-refractivity contribution in [3.63, 3.8) is 0 Å². The van der Waals surface area contributed by atoms with E-state index in [2.05, 4.69) is 18.3 Å². The summed E-state index contributed by atoms with van der Waals surface area (Å²) in [6, 6.07) is 5.50. The second-order valence-corrected chi connectivity index (χ2v) is 5.71. The predicted molar refractivity (Wildman–Crippen MR) is 68.8 cm³/mol. The topological polar surface area (TPSA) is 12.0 Å². The number of nitrogens with one attached hydrogen (secondary N) is 1. The van der Waals surface area contributed by atoms with Crippen LogP contribution in [0.2, 0.25) is 0 Å². The molecule has 1 aliphatic carbocycles. The zero-order valence-corrected chi connectivity index (χ0v) is 10.4. The van der Waals surface area contributed by atoms with Gasteiger partial charge in [-0.1, -0.05) is 31.9 Å². The van der Waals surface area contributed by atoms with Gasteiger partial charge in [-0.2, -0.15) is 0 Å². The molecule has 1 nitrogen and oxygen atoms in total. The Morgan fingerprint density at radius 3 is 2.71 bits per heavy atom. The van der Waals surface area contributed by atoms with Crippen LogP contribution in [0.1, 0.15) is 44.1 Å². The van der Waals surface area contributed by atoms with Crippen molar-refractivity contribution in [2.75, 3.05) is 11.9 Å². The molecule has 1 aromatic carbocycles. The minimum atomic E-state index is -0.0887. The second kappa shape index (κ2) is 4.32. The molecule has 1 saturated carbocycles. The van der Waals surface area contributed by atoms with Crippen LogP contribution in [-0.2, 0) is 0 Å². The van der Waals surface area contributed by atoms with Crippen molar-refractivity contribution in [1.29, 1.82) is 0 Å². The zero-order chi connectivity index (χ0) is 11.8. The monoisotopic (exact) mass is 233 g/mol. The highest BCUT2D eigenvalue weighted by Gasteiger charge is 2.32. The molecule has 92 valence electrons. The van der Waals surface area contributed by atoms with E-state index in [1.54, 1.807) is 6.07 Å². The third-order valence-corrected chi connectivity index (χ3v) is 4.57. The minimum Gasteiger partial charge on any atom is -0.382 e. The van der Waals surface area contributed by atoms with Crippen molar-refractivity contribution in [3.05, 3.63) is 29.6 Å². The van der Waals surface area contributed by atoms with E-state index in [9.17, 15) is 4.39 Å². The average molecular weight is 233 g/mol. The van der Waals surface area contributed by atoms with Gasteiger partial charge in [0.05, 0.1) is 5.69 Å². The maximum Gasteiger partial charge on any atom is 0.146 e. The summed E-state index contributed by atoms with van der Waals surface area (Å²) >= 11 is 0. The van der Waals surface area contributed by atoms with E-state index < -0.39 is 0 Å². The van der Waals surface area contributed by atoms with Gasteiger partial charge in [-0.15, -0.1) is 0 Å². The molecule has 1 aromatic rings. The third-order valence-electron chi connectivity index (χ3n) is 4.57. The zero-order valence-electron chi connectivity index (χ0n) is 10.4. The van der Waals surface area contributed by atoms with Gasteiger partial charge in [-0.3, -0.25) is 0 Å². The molecule has 1 aliphatic heterocycles. The van der Waals surface area contributed by atoms with Gasteiger partial charge in [0.25, 0.3) is 0 Å². The molecule has 2 aliphatic rings. The second-order valence-electron chi connectivity index (χ2n) is 5.71. The summed E-state index contributed by atoms with van der Waals surface area (Å²) in [5.74, 6) is 2.08. The molecule has 0 spiro atoms. The molecule has 0 aromatic heterocycles. The Labute approximate surface area is 102 Å². The molecule has 2 heteroatoms. The lowest BCUT2D eigenvalue weighted by atomic mass is 9.75. The molecule has 0 radical (unpaired) electrons. The van der Waals surface area contributed by atoms with Gasteiger partial charge in [-0.25, -0.2) is 4.39 Å². The Kier molecular flexibility index (Phi) is 2.81. The van der Waals surface area contributed by atoms with Gasteiger partial charge >= 0.3 is 0 Å². The lowest BCUT2D eigenvalue weighted by Gasteiger charge is -2.30. The molecule has 1 fully saturated rings. The van der Waals surface area contributed by atoms with Gasteiger partial charge in [0, 0.05) is 12.5 Å². The fourth-order valence-corrected chi connectivity index (χ4v) is 3.47. The first-order valence-electron chi connectivity index (χ1n) is 6.78. The number of halogens is 1. The number of rotatable bonds is 1. The van der Waals surface area contributed by atoms with E-state index in [4.69, 9.17) is 0 Å². The van der Waals surface area contributed by atoms with Crippen LogP contribution in [0.4, 0.5) is 10.1 Å². The molecule has 1 atom stereocenters. The highest BCUT2D eigenvalue weighted by molar-refractivity contribution is 5.58. The lowest BCUT2D eigenvalue weighted by Crippen LogP contribution is -2.20. The van der Waals surface area contributed by atoms with Gasteiger partial charge in [0.15, 0.2) is 0 Å². The van der Waals surface area contributed by atoms with Crippen molar-refractivity contribution in [2.24, 2.45) is 11.8 Å². The Morgan fingerprint density at radius 2 is 1.94 bits per heavy atom.